The van der Waals surface area contributed by atoms with Crippen molar-refractivity contribution in [1.82, 2.24) is 0 Å². The van der Waals surface area contributed by atoms with Gasteiger partial charge in [-0.05, 0) is 25.2 Å². The predicted octanol–water partition coefficient (Wildman–Crippen LogP) is 1.51. The average molecular weight is 182 g/mol. The standard InChI is InChI=1S/C10H14O3/c1-2-6-3-4-7-8(5-6)10(12)13-9(7)11/h6-8H,2-5H2,1H3. The Balaban J connectivity index is 2.10. The van der Waals surface area contributed by atoms with Gasteiger partial charge in [-0.2, -0.15) is 0 Å². The lowest BCUT2D eigenvalue weighted by Crippen LogP contribution is -2.26. The van der Waals surface area contributed by atoms with Crippen LogP contribution in [0.25, 0.3) is 0 Å². The van der Waals surface area contributed by atoms with Gasteiger partial charge in [-0.1, -0.05) is 13.3 Å². The number of esters is 2. The second-order valence-corrected chi connectivity index (χ2v) is 4.04. The van der Waals surface area contributed by atoms with Crippen molar-refractivity contribution in [3.8, 4) is 0 Å². The smallest absolute Gasteiger partial charge is 0.317 e. The second kappa shape index (κ2) is 3.13. The first kappa shape index (κ1) is 8.73. The Hall–Kier alpha value is -0.860. The number of hydrogen-bond acceptors (Lipinski definition) is 3. The Morgan fingerprint density at radius 1 is 1.23 bits per heavy atom. The highest BCUT2D eigenvalue weighted by Gasteiger charge is 2.46. The van der Waals surface area contributed by atoms with Gasteiger partial charge in [0.1, 0.15) is 0 Å². The number of ether oxygens (including phenoxy) is 1. The molecule has 0 bridgehead atoms. The minimum Gasteiger partial charge on any atom is -0.393 e. The van der Waals surface area contributed by atoms with Gasteiger partial charge in [-0.25, -0.2) is 0 Å². The SMILES string of the molecule is CCC1CCC2C(=O)OC(=O)C2C1. The zero-order valence-electron chi connectivity index (χ0n) is 7.79. The molecule has 0 aromatic rings. The highest BCUT2D eigenvalue weighted by atomic mass is 16.6. The minimum atomic E-state index is -0.287. The third-order valence-corrected chi connectivity index (χ3v) is 3.34. The lowest BCUT2D eigenvalue weighted by atomic mass is 9.74. The van der Waals surface area contributed by atoms with Gasteiger partial charge >= 0.3 is 11.9 Å². The Kier molecular flexibility index (Phi) is 2.10. The van der Waals surface area contributed by atoms with E-state index in [2.05, 4.69) is 11.7 Å². The van der Waals surface area contributed by atoms with Crippen molar-refractivity contribution in [2.24, 2.45) is 17.8 Å². The van der Waals surface area contributed by atoms with E-state index in [0.29, 0.717) is 5.92 Å². The Morgan fingerprint density at radius 3 is 2.62 bits per heavy atom. The van der Waals surface area contributed by atoms with E-state index >= 15 is 0 Å². The van der Waals surface area contributed by atoms with Gasteiger partial charge in [-0.15, -0.1) is 0 Å². The van der Waals surface area contributed by atoms with Gasteiger partial charge in [0.15, 0.2) is 0 Å². The molecule has 2 aliphatic rings. The molecule has 1 heterocycles. The van der Waals surface area contributed by atoms with Crippen molar-refractivity contribution in [2.45, 2.75) is 32.6 Å². The molecule has 0 aromatic carbocycles. The fourth-order valence-corrected chi connectivity index (χ4v) is 2.42. The Labute approximate surface area is 77.4 Å². The summed E-state index contributed by atoms with van der Waals surface area (Å²) in [5.74, 6) is -0.195. The molecular formula is C10H14O3. The van der Waals surface area contributed by atoms with E-state index < -0.39 is 0 Å². The van der Waals surface area contributed by atoms with E-state index in [4.69, 9.17) is 0 Å². The van der Waals surface area contributed by atoms with Crippen LogP contribution in [0, 0.1) is 17.8 Å². The van der Waals surface area contributed by atoms with Gasteiger partial charge in [-0.3, -0.25) is 9.59 Å². The molecule has 0 aromatic heterocycles. The summed E-state index contributed by atoms with van der Waals surface area (Å²) in [5.41, 5.74) is 0. The van der Waals surface area contributed by atoms with Gasteiger partial charge in [0, 0.05) is 0 Å². The number of carbonyl (C=O) groups excluding carboxylic acids is 2. The highest BCUT2D eigenvalue weighted by molar-refractivity contribution is 5.96. The van der Waals surface area contributed by atoms with E-state index in [9.17, 15) is 9.59 Å². The van der Waals surface area contributed by atoms with E-state index in [-0.39, 0.29) is 23.8 Å². The number of rotatable bonds is 1. The third kappa shape index (κ3) is 1.36. The van der Waals surface area contributed by atoms with Gasteiger partial charge < -0.3 is 4.74 Å². The van der Waals surface area contributed by atoms with Crippen LogP contribution in [0.4, 0.5) is 0 Å². The van der Waals surface area contributed by atoms with Crippen molar-refractivity contribution >= 4 is 11.9 Å². The topological polar surface area (TPSA) is 43.4 Å². The molecule has 2 rings (SSSR count). The molecule has 1 saturated heterocycles. The monoisotopic (exact) mass is 182 g/mol. The highest BCUT2D eigenvalue weighted by Crippen LogP contribution is 2.40. The van der Waals surface area contributed by atoms with E-state index in [0.717, 1.165) is 25.7 Å². The summed E-state index contributed by atoms with van der Waals surface area (Å²) in [6.07, 6.45) is 3.87. The first-order valence-electron chi connectivity index (χ1n) is 4.98. The molecule has 1 saturated carbocycles. The van der Waals surface area contributed by atoms with Crippen molar-refractivity contribution in [3.63, 3.8) is 0 Å². The van der Waals surface area contributed by atoms with E-state index in [1.54, 1.807) is 0 Å². The van der Waals surface area contributed by atoms with Gasteiger partial charge in [0.25, 0.3) is 0 Å². The first-order valence-corrected chi connectivity index (χ1v) is 4.98. The molecule has 0 N–H and O–H groups in total. The maximum absolute atomic E-state index is 11.2. The number of fused-ring (bicyclic) bond motifs is 1. The molecule has 3 nitrogen and oxygen atoms in total. The zero-order valence-corrected chi connectivity index (χ0v) is 7.79. The number of hydrogen-bond donors (Lipinski definition) is 0. The lowest BCUT2D eigenvalue weighted by Gasteiger charge is -2.26. The lowest BCUT2D eigenvalue weighted by molar-refractivity contribution is -0.153. The van der Waals surface area contributed by atoms with Crippen molar-refractivity contribution in [1.29, 1.82) is 0 Å². The van der Waals surface area contributed by atoms with Crippen LogP contribution in [0.2, 0.25) is 0 Å². The molecule has 0 amide bonds. The first-order chi connectivity index (χ1) is 6.22. The summed E-state index contributed by atoms with van der Waals surface area (Å²) < 4.78 is 4.62. The molecule has 3 heteroatoms. The maximum Gasteiger partial charge on any atom is 0.317 e. The average Bonchev–Trinajstić information content (AvgIpc) is 2.42. The molecule has 2 fully saturated rings. The summed E-state index contributed by atoms with van der Waals surface area (Å²) >= 11 is 0. The normalized spacial score (nSPS) is 38.7. The van der Waals surface area contributed by atoms with Gasteiger partial charge in [0.05, 0.1) is 11.8 Å². The number of cyclic esters (lactones) is 2. The summed E-state index contributed by atoms with van der Waals surface area (Å²) in [6, 6.07) is 0. The summed E-state index contributed by atoms with van der Waals surface area (Å²) in [6.45, 7) is 2.13. The fourth-order valence-electron chi connectivity index (χ4n) is 2.42. The van der Waals surface area contributed by atoms with Crippen LogP contribution >= 0.6 is 0 Å². The molecule has 0 spiro atoms. The fraction of sp³-hybridized carbons (Fsp3) is 0.800. The van der Waals surface area contributed by atoms with Crippen LogP contribution in [0.3, 0.4) is 0 Å². The molecule has 72 valence electrons. The van der Waals surface area contributed by atoms with E-state index in [1.807, 2.05) is 0 Å². The molecule has 3 unspecified atom stereocenters. The summed E-state index contributed by atoms with van der Waals surface area (Å²) in [7, 11) is 0. The van der Waals surface area contributed by atoms with E-state index in [1.165, 1.54) is 0 Å². The zero-order chi connectivity index (χ0) is 9.42. The number of carbonyl (C=O) groups is 2. The quantitative estimate of drug-likeness (QED) is 0.456. The molecule has 0 radical (unpaired) electrons. The van der Waals surface area contributed by atoms with Crippen molar-refractivity contribution in [2.75, 3.05) is 0 Å². The second-order valence-electron chi connectivity index (χ2n) is 4.04. The molecule has 1 aliphatic carbocycles. The van der Waals surface area contributed by atoms with Crippen LogP contribution in [0.5, 0.6) is 0 Å². The van der Waals surface area contributed by atoms with Crippen molar-refractivity contribution in [3.05, 3.63) is 0 Å². The molecule has 3 atom stereocenters. The van der Waals surface area contributed by atoms with Crippen LogP contribution in [0.15, 0.2) is 0 Å². The van der Waals surface area contributed by atoms with Crippen LogP contribution in [-0.4, -0.2) is 11.9 Å². The minimum absolute atomic E-state index is 0.115. The largest absolute Gasteiger partial charge is 0.393 e. The predicted molar refractivity (Wildman–Crippen MR) is 45.7 cm³/mol. The Morgan fingerprint density at radius 2 is 1.92 bits per heavy atom. The molecule has 13 heavy (non-hydrogen) atoms. The summed E-state index contributed by atoms with van der Waals surface area (Å²) in [5, 5.41) is 0. The third-order valence-electron chi connectivity index (χ3n) is 3.34. The van der Waals surface area contributed by atoms with Crippen LogP contribution in [0.1, 0.15) is 32.6 Å². The van der Waals surface area contributed by atoms with Gasteiger partial charge in [0.2, 0.25) is 0 Å². The van der Waals surface area contributed by atoms with Crippen LogP contribution < -0.4 is 0 Å². The maximum atomic E-state index is 11.2. The molecular weight excluding hydrogens is 168 g/mol. The summed E-state index contributed by atoms with van der Waals surface area (Å²) in [4.78, 5) is 22.4. The Bertz CT molecular complexity index is 247. The molecule has 1 aliphatic heterocycles. The van der Waals surface area contributed by atoms with Crippen LogP contribution in [-0.2, 0) is 14.3 Å². The van der Waals surface area contributed by atoms with Crippen molar-refractivity contribution < 1.29 is 14.3 Å².